The molecule has 0 fully saturated rings. The first kappa shape index (κ1) is 20.2. The molecule has 0 bridgehead atoms. The van der Waals surface area contributed by atoms with E-state index in [1.807, 2.05) is 13.8 Å². The third-order valence-corrected chi connectivity index (χ3v) is 3.90. The minimum absolute atomic E-state index is 0.0911. The first-order valence-electron chi connectivity index (χ1n) is 8.59. The van der Waals surface area contributed by atoms with Crippen molar-refractivity contribution in [3.8, 4) is 5.75 Å². The number of ether oxygens (including phenoxy) is 1. The predicted octanol–water partition coefficient (Wildman–Crippen LogP) is 0.144. The first-order chi connectivity index (χ1) is 12.8. The summed E-state index contributed by atoms with van der Waals surface area (Å²) in [5.41, 5.74) is 0.483. The van der Waals surface area contributed by atoms with Gasteiger partial charge in [-0.3, -0.25) is 19.3 Å². The van der Waals surface area contributed by atoms with E-state index in [-0.39, 0.29) is 37.9 Å². The second-order valence-corrected chi connectivity index (χ2v) is 6.60. The van der Waals surface area contributed by atoms with Crippen molar-refractivity contribution in [1.82, 2.24) is 10.6 Å². The van der Waals surface area contributed by atoms with Crippen LogP contribution >= 0.6 is 0 Å². The van der Waals surface area contributed by atoms with Gasteiger partial charge in [0.2, 0.25) is 11.8 Å². The Kier molecular flexibility index (Phi) is 6.75. The molecule has 1 aliphatic rings. The number of aliphatic carboxylic acids is 1. The van der Waals surface area contributed by atoms with Gasteiger partial charge in [0.05, 0.1) is 12.2 Å². The number of nitrogens with zero attached hydrogens (tertiary/aromatic N) is 1. The Morgan fingerprint density at radius 1 is 1.22 bits per heavy atom. The van der Waals surface area contributed by atoms with E-state index in [1.165, 1.54) is 4.90 Å². The fourth-order valence-corrected chi connectivity index (χ4v) is 2.64. The molecule has 0 aromatic heterocycles. The summed E-state index contributed by atoms with van der Waals surface area (Å²) in [5, 5.41) is 13.9. The maximum absolute atomic E-state index is 12.1. The Bertz CT molecular complexity index is 734. The molecule has 0 saturated carbocycles. The molecule has 0 spiro atoms. The molecular formula is C18H23N3O6. The van der Waals surface area contributed by atoms with Crippen molar-refractivity contribution < 1.29 is 29.0 Å². The van der Waals surface area contributed by atoms with Crippen molar-refractivity contribution in [2.75, 3.05) is 24.6 Å². The number of anilines is 1. The fraction of sp³-hybridized carbons (Fsp3) is 0.444. The van der Waals surface area contributed by atoms with Crippen LogP contribution in [0.4, 0.5) is 5.69 Å². The zero-order valence-corrected chi connectivity index (χ0v) is 15.2. The molecule has 146 valence electrons. The van der Waals surface area contributed by atoms with Crippen LogP contribution < -0.4 is 20.3 Å². The van der Waals surface area contributed by atoms with E-state index in [4.69, 9.17) is 9.84 Å². The molecule has 1 atom stereocenters. The number of rotatable bonds is 8. The van der Waals surface area contributed by atoms with Crippen LogP contribution in [0.2, 0.25) is 0 Å². The summed E-state index contributed by atoms with van der Waals surface area (Å²) in [6.45, 7) is 2.89. The van der Waals surface area contributed by atoms with Crippen LogP contribution in [0.3, 0.4) is 0 Å². The molecule has 1 aromatic rings. The highest BCUT2D eigenvalue weighted by Crippen LogP contribution is 2.31. The molecule has 0 aliphatic carbocycles. The normalized spacial score (nSPS) is 14.2. The summed E-state index contributed by atoms with van der Waals surface area (Å²) in [7, 11) is 0. The summed E-state index contributed by atoms with van der Waals surface area (Å²) in [5.74, 6) is -2.04. The summed E-state index contributed by atoms with van der Waals surface area (Å²) in [4.78, 5) is 48.5. The fourth-order valence-electron chi connectivity index (χ4n) is 2.64. The van der Waals surface area contributed by atoms with Crippen LogP contribution in [0.15, 0.2) is 24.3 Å². The van der Waals surface area contributed by atoms with Crippen molar-refractivity contribution in [2.45, 2.75) is 26.3 Å². The van der Waals surface area contributed by atoms with Gasteiger partial charge in [0, 0.05) is 0 Å². The number of carbonyl (C=O) groups is 4. The lowest BCUT2D eigenvalue weighted by atomic mass is 10.0. The van der Waals surface area contributed by atoms with E-state index in [9.17, 15) is 19.2 Å². The molecule has 9 heteroatoms. The summed E-state index contributed by atoms with van der Waals surface area (Å²) in [6, 6.07) is 5.83. The molecule has 3 N–H and O–H groups in total. The van der Waals surface area contributed by atoms with Crippen molar-refractivity contribution in [1.29, 1.82) is 0 Å². The van der Waals surface area contributed by atoms with E-state index in [2.05, 4.69) is 10.6 Å². The zero-order chi connectivity index (χ0) is 20.0. The Labute approximate surface area is 156 Å². The number of carboxylic acid groups (broad SMARTS) is 1. The Morgan fingerprint density at radius 2 is 1.93 bits per heavy atom. The number of fused-ring (bicyclic) bond motifs is 1. The lowest BCUT2D eigenvalue weighted by molar-refractivity contribution is -0.142. The van der Waals surface area contributed by atoms with Crippen LogP contribution in [0.25, 0.3) is 0 Å². The van der Waals surface area contributed by atoms with Crippen molar-refractivity contribution in [3.05, 3.63) is 24.3 Å². The molecular weight excluding hydrogens is 354 g/mol. The monoisotopic (exact) mass is 377 g/mol. The number of benzene rings is 1. The smallest absolute Gasteiger partial charge is 0.326 e. The van der Waals surface area contributed by atoms with Crippen LogP contribution in [-0.4, -0.2) is 54.5 Å². The average molecular weight is 377 g/mol. The van der Waals surface area contributed by atoms with Crippen molar-refractivity contribution >= 4 is 29.4 Å². The van der Waals surface area contributed by atoms with E-state index in [0.29, 0.717) is 11.4 Å². The van der Waals surface area contributed by atoms with Crippen LogP contribution in [0.5, 0.6) is 5.75 Å². The Morgan fingerprint density at radius 3 is 2.59 bits per heavy atom. The molecule has 2 rings (SSSR count). The van der Waals surface area contributed by atoms with Gasteiger partial charge >= 0.3 is 5.97 Å². The number of carboxylic acids is 1. The number of hydrogen-bond acceptors (Lipinski definition) is 5. The molecule has 1 aromatic carbocycles. The average Bonchev–Trinajstić information content (AvgIpc) is 2.61. The quantitative estimate of drug-likeness (QED) is 0.592. The highest BCUT2D eigenvalue weighted by Gasteiger charge is 2.27. The molecule has 1 heterocycles. The number of para-hydroxylation sites is 2. The molecule has 1 aliphatic heterocycles. The molecule has 3 amide bonds. The maximum atomic E-state index is 12.1. The summed E-state index contributed by atoms with van der Waals surface area (Å²) < 4.78 is 5.30. The van der Waals surface area contributed by atoms with Gasteiger partial charge in [0.25, 0.3) is 5.91 Å². The third kappa shape index (κ3) is 5.70. The van der Waals surface area contributed by atoms with E-state index < -0.39 is 23.8 Å². The molecule has 0 unspecified atom stereocenters. The van der Waals surface area contributed by atoms with Crippen molar-refractivity contribution in [2.24, 2.45) is 5.92 Å². The number of carbonyl (C=O) groups excluding carboxylic acids is 3. The van der Waals surface area contributed by atoms with Gasteiger partial charge in [-0.15, -0.1) is 0 Å². The Hall–Kier alpha value is -3.10. The van der Waals surface area contributed by atoms with Crippen LogP contribution in [0, 0.1) is 5.92 Å². The van der Waals surface area contributed by atoms with Gasteiger partial charge in [-0.2, -0.15) is 0 Å². The third-order valence-electron chi connectivity index (χ3n) is 3.90. The van der Waals surface area contributed by atoms with Crippen LogP contribution in [0.1, 0.15) is 20.3 Å². The highest BCUT2D eigenvalue weighted by atomic mass is 16.5. The number of nitrogens with one attached hydrogen (secondary N) is 2. The van der Waals surface area contributed by atoms with Gasteiger partial charge in [0.1, 0.15) is 18.3 Å². The van der Waals surface area contributed by atoms with E-state index in [0.717, 1.165) is 0 Å². The Balaban J connectivity index is 1.88. The largest absolute Gasteiger partial charge is 0.482 e. The zero-order valence-electron chi connectivity index (χ0n) is 15.2. The maximum Gasteiger partial charge on any atom is 0.326 e. The summed E-state index contributed by atoms with van der Waals surface area (Å²) >= 11 is 0. The van der Waals surface area contributed by atoms with Gasteiger partial charge in [0.15, 0.2) is 6.61 Å². The van der Waals surface area contributed by atoms with Gasteiger partial charge in [-0.1, -0.05) is 26.0 Å². The summed E-state index contributed by atoms with van der Waals surface area (Å²) in [6.07, 6.45) is 0.286. The van der Waals surface area contributed by atoms with E-state index in [1.54, 1.807) is 24.3 Å². The lowest BCUT2D eigenvalue weighted by Gasteiger charge is -2.28. The highest BCUT2D eigenvalue weighted by molar-refractivity contribution is 6.02. The second-order valence-electron chi connectivity index (χ2n) is 6.60. The topological polar surface area (TPSA) is 125 Å². The minimum atomic E-state index is -1.13. The molecule has 0 saturated heterocycles. The molecule has 0 radical (unpaired) electrons. The number of amides is 3. The lowest BCUT2D eigenvalue weighted by Crippen LogP contribution is -2.49. The minimum Gasteiger partial charge on any atom is -0.482 e. The van der Waals surface area contributed by atoms with Crippen molar-refractivity contribution in [3.63, 3.8) is 0 Å². The predicted molar refractivity (Wildman–Crippen MR) is 96.3 cm³/mol. The number of hydrogen-bond donors (Lipinski definition) is 3. The van der Waals surface area contributed by atoms with Crippen LogP contribution in [-0.2, 0) is 19.2 Å². The SMILES string of the molecule is CC(C)C[C@H](NC(=O)CNC(=O)CN1C(=O)COc2ccccc21)C(=O)O. The van der Waals surface area contributed by atoms with Gasteiger partial charge in [-0.05, 0) is 24.5 Å². The second kappa shape index (κ2) is 9.02. The van der Waals surface area contributed by atoms with E-state index >= 15 is 0 Å². The molecule has 27 heavy (non-hydrogen) atoms. The first-order valence-corrected chi connectivity index (χ1v) is 8.59. The van der Waals surface area contributed by atoms with Gasteiger partial charge in [-0.25, -0.2) is 4.79 Å². The van der Waals surface area contributed by atoms with Gasteiger partial charge < -0.3 is 20.5 Å². The standard InChI is InChI=1S/C18H23N3O6/c1-11(2)7-12(18(25)26)20-15(22)8-19-16(23)9-21-13-5-3-4-6-14(13)27-10-17(21)24/h3-6,11-12H,7-10H2,1-2H3,(H,19,23)(H,20,22)(H,25,26)/t12-/m0/s1. The molecule has 9 nitrogen and oxygen atoms in total.